The molecule has 0 saturated heterocycles. The highest BCUT2D eigenvalue weighted by Crippen LogP contribution is 2.42. The zero-order valence-corrected chi connectivity index (χ0v) is 13.5. The Labute approximate surface area is 149 Å². The van der Waals surface area contributed by atoms with Crippen molar-refractivity contribution in [2.24, 2.45) is 0 Å². The number of esters is 1. The fraction of sp³-hybridized carbons (Fsp3) is 0.417. The van der Waals surface area contributed by atoms with Gasteiger partial charge in [-0.1, -0.05) is 0 Å². The van der Waals surface area contributed by atoms with Crippen molar-refractivity contribution >= 4 is 29.2 Å². The molecule has 152 valence electrons. The van der Waals surface area contributed by atoms with E-state index in [1.165, 1.54) is 5.32 Å². The third-order valence-electron chi connectivity index (χ3n) is 2.80. The third-order valence-corrected chi connectivity index (χ3v) is 2.98. The molecule has 0 radical (unpaired) electrons. The average molecular weight is 431 g/mol. The topological polar surface area (TPSA) is 88.5 Å². The minimum absolute atomic E-state index is 0.560. The lowest BCUT2D eigenvalue weighted by Crippen LogP contribution is -2.29. The Morgan fingerprint density at radius 2 is 1.59 bits per heavy atom. The summed E-state index contributed by atoms with van der Waals surface area (Å²) in [5.41, 5.74) is -10.0. The highest BCUT2D eigenvalue weighted by atomic mass is 35.5. The van der Waals surface area contributed by atoms with E-state index < -0.39 is 64.4 Å². The van der Waals surface area contributed by atoms with Gasteiger partial charge >= 0.3 is 29.7 Å². The number of halogens is 9. The van der Waals surface area contributed by atoms with E-state index in [-0.39, 0.29) is 0 Å². The standard InChI is InChI=1S/C12H7ClF8N2O4/c1-27-9(26)4-5(22-2-10(14,15)16)3(8(24)25)7(12(19,20)21)23-6(4)11(13,17)18/h2H2,1H3,(H,22,23)(H,24,25). The molecule has 0 bridgehead atoms. The van der Waals surface area contributed by atoms with Crippen molar-refractivity contribution < 1.29 is 54.6 Å². The lowest BCUT2D eigenvalue weighted by molar-refractivity contribution is -0.142. The molecule has 1 rings (SSSR count). The van der Waals surface area contributed by atoms with Gasteiger partial charge in [0.15, 0.2) is 5.69 Å². The van der Waals surface area contributed by atoms with Crippen LogP contribution in [0.5, 0.6) is 0 Å². The fourth-order valence-corrected chi connectivity index (χ4v) is 2.01. The monoisotopic (exact) mass is 430 g/mol. The first-order valence-corrected chi connectivity index (χ1v) is 6.73. The Balaban J connectivity index is 4.04. The van der Waals surface area contributed by atoms with Crippen LogP contribution >= 0.6 is 11.6 Å². The van der Waals surface area contributed by atoms with Gasteiger partial charge < -0.3 is 15.2 Å². The van der Waals surface area contributed by atoms with Crippen molar-refractivity contribution in [1.82, 2.24) is 4.98 Å². The Kier molecular flexibility index (Phi) is 6.15. The molecule has 0 aromatic carbocycles. The van der Waals surface area contributed by atoms with E-state index in [2.05, 4.69) is 21.3 Å². The molecule has 1 aromatic rings. The smallest absolute Gasteiger partial charge is 0.434 e. The Morgan fingerprint density at radius 1 is 1.07 bits per heavy atom. The molecule has 0 fully saturated rings. The van der Waals surface area contributed by atoms with Gasteiger partial charge in [-0.25, -0.2) is 14.6 Å². The maximum Gasteiger partial charge on any atom is 0.434 e. The lowest BCUT2D eigenvalue weighted by atomic mass is 10.0. The first kappa shape index (κ1) is 22.7. The molecule has 2 N–H and O–H groups in total. The molecule has 0 unspecified atom stereocenters. The number of carboxylic acid groups (broad SMARTS) is 1. The largest absolute Gasteiger partial charge is 0.478 e. The number of methoxy groups -OCH3 is 1. The van der Waals surface area contributed by atoms with E-state index in [0.29, 0.717) is 7.11 Å². The van der Waals surface area contributed by atoms with Gasteiger partial charge in [0, 0.05) is 0 Å². The molecule has 0 amide bonds. The molecule has 15 heteroatoms. The zero-order chi connectivity index (χ0) is 21.4. The number of hydrogen-bond acceptors (Lipinski definition) is 5. The van der Waals surface area contributed by atoms with E-state index in [9.17, 15) is 44.7 Å². The molecule has 6 nitrogen and oxygen atoms in total. The van der Waals surface area contributed by atoms with E-state index in [0.717, 1.165) is 0 Å². The first-order valence-electron chi connectivity index (χ1n) is 6.35. The number of aromatic carboxylic acids is 1. The van der Waals surface area contributed by atoms with Gasteiger partial charge in [-0.05, 0) is 11.6 Å². The zero-order valence-electron chi connectivity index (χ0n) is 12.7. The average Bonchev–Trinajstić information content (AvgIpc) is 2.47. The maximum absolute atomic E-state index is 13.5. The highest BCUT2D eigenvalue weighted by Gasteiger charge is 2.46. The van der Waals surface area contributed by atoms with E-state index >= 15 is 0 Å². The van der Waals surface area contributed by atoms with Gasteiger partial charge in [-0.15, -0.1) is 0 Å². The summed E-state index contributed by atoms with van der Waals surface area (Å²) in [7, 11) is 0.560. The maximum atomic E-state index is 13.5. The predicted molar refractivity (Wildman–Crippen MR) is 71.8 cm³/mol. The van der Waals surface area contributed by atoms with Gasteiger partial charge in [0.2, 0.25) is 0 Å². The molecule has 0 aliphatic heterocycles. The summed E-state index contributed by atoms with van der Waals surface area (Å²) in [6.07, 6.45) is -10.8. The number of carbonyl (C=O) groups is 2. The minimum Gasteiger partial charge on any atom is -0.478 e. The van der Waals surface area contributed by atoms with Crippen LogP contribution in [0.4, 0.5) is 40.8 Å². The molecule has 0 aliphatic rings. The number of alkyl halides is 9. The Hall–Kier alpha value is -2.38. The van der Waals surface area contributed by atoms with Crippen LogP contribution < -0.4 is 5.32 Å². The summed E-state index contributed by atoms with van der Waals surface area (Å²) < 4.78 is 107. The molecular weight excluding hydrogens is 424 g/mol. The molecule has 1 aromatic heterocycles. The quantitative estimate of drug-likeness (QED) is 0.419. The second-order valence-electron chi connectivity index (χ2n) is 4.70. The number of rotatable bonds is 5. The second-order valence-corrected chi connectivity index (χ2v) is 5.17. The minimum atomic E-state index is -5.69. The lowest BCUT2D eigenvalue weighted by Gasteiger charge is -2.22. The number of anilines is 1. The van der Waals surface area contributed by atoms with Crippen molar-refractivity contribution in [3.63, 3.8) is 0 Å². The third kappa shape index (κ3) is 5.30. The van der Waals surface area contributed by atoms with Gasteiger partial charge in [0.25, 0.3) is 0 Å². The SMILES string of the molecule is COC(=O)c1c(C(F)(F)Cl)nc(C(F)(F)F)c(C(=O)O)c1NCC(F)(F)F. The van der Waals surface area contributed by atoms with Crippen LogP contribution in [0.1, 0.15) is 32.1 Å². The molecule has 0 spiro atoms. The van der Waals surface area contributed by atoms with Crippen molar-refractivity contribution in [1.29, 1.82) is 0 Å². The normalized spacial score (nSPS) is 12.7. The summed E-state index contributed by atoms with van der Waals surface area (Å²) in [4.78, 5) is 25.3. The van der Waals surface area contributed by atoms with Crippen LogP contribution in [0.2, 0.25) is 0 Å². The van der Waals surface area contributed by atoms with Gasteiger partial charge in [-0.2, -0.15) is 35.1 Å². The predicted octanol–water partition coefficient (Wildman–Crippen LogP) is 3.85. The molecule has 0 aliphatic carbocycles. The number of aromatic nitrogens is 1. The summed E-state index contributed by atoms with van der Waals surface area (Å²) in [6.45, 7) is -2.16. The van der Waals surface area contributed by atoms with Crippen molar-refractivity contribution in [2.45, 2.75) is 17.7 Å². The van der Waals surface area contributed by atoms with E-state index in [1.54, 1.807) is 0 Å². The summed E-state index contributed by atoms with van der Waals surface area (Å²) in [5.74, 6) is -4.38. The van der Waals surface area contributed by atoms with Gasteiger partial charge in [0.05, 0.1) is 12.8 Å². The number of ether oxygens (including phenoxy) is 1. The van der Waals surface area contributed by atoms with Gasteiger partial charge in [-0.3, -0.25) is 0 Å². The van der Waals surface area contributed by atoms with Crippen LogP contribution in [0.15, 0.2) is 0 Å². The summed E-state index contributed by atoms with van der Waals surface area (Å²) in [6, 6.07) is 0. The molecular formula is C12H7ClF8N2O4. The summed E-state index contributed by atoms with van der Waals surface area (Å²) >= 11 is 4.61. The first-order chi connectivity index (χ1) is 12.0. The Bertz CT molecular complexity index is 758. The van der Waals surface area contributed by atoms with Crippen LogP contribution in [-0.4, -0.2) is 41.9 Å². The van der Waals surface area contributed by atoms with E-state index in [4.69, 9.17) is 5.11 Å². The highest BCUT2D eigenvalue weighted by molar-refractivity contribution is 6.22. The molecule has 0 saturated carbocycles. The van der Waals surface area contributed by atoms with Crippen molar-refractivity contribution in [3.05, 3.63) is 22.5 Å². The molecule has 0 atom stereocenters. The van der Waals surface area contributed by atoms with Crippen molar-refractivity contribution in [2.75, 3.05) is 19.0 Å². The second kappa shape index (κ2) is 7.32. The number of carbonyl (C=O) groups excluding carboxylic acids is 1. The van der Waals surface area contributed by atoms with Crippen molar-refractivity contribution in [3.8, 4) is 0 Å². The van der Waals surface area contributed by atoms with E-state index in [1.807, 2.05) is 0 Å². The number of nitrogens with zero attached hydrogens (tertiary/aromatic N) is 1. The van der Waals surface area contributed by atoms with Gasteiger partial charge in [0.1, 0.15) is 23.4 Å². The van der Waals surface area contributed by atoms with Crippen LogP contribution in [0.25, 0.3) is 0 Å². The van der Waals surface area contributed by atoms with Crippen LogP contribution in [0, 0.1) is 0 Å². The fourth-order valence-electron chi connectivity index (χ4n) is 1.87. The summed E-state index contributed by atoms with van der Waals surface area (Å²) in [5, 5.41) is 5.40. The Morgan fingerprint density at radius 3 is 1.93 bits per heavy atom. The number of pyridine rings is 1. The number of carboxylic acids is 1. The van der Waals surface area contributed by atoms with Crippen LogP contribution in [0.3, 0.4) is 0 Å². The molecule has 27 heavy (non-hydrogen) atoms. The number of nitrogens with one attached hydrogen (secondary N) is 1. The van der Waals surface area contributed by atoms with Crippen LogP contribution in [-0.2, 0) is 16.3 Å². The molecule has 1 heterocycles. The number of hydrogen-bond donors (Lipinski definition) is 2.